The summed E-state index contributed by atoms with van der Waals surface area (Å²) in [6, 6.07) is 5.61. The van der Waals surface area contributed by atoms with Gasteiger partial charge in [0.15, 0.2) is 0 Å². The second-order valence-corrected chi connectivity index (χ2v) is 5.84. The molecule has 2 unspecified atom stereocenters. The number of benzene rings is 1. The Morgan fingerprint density at radius 3 is 2.55 bits per heavy atom. The van der Waals surface area contributed by atoms with Crippen molar-refractivity contribution in [3.05, 3.63) is 29.3 Å². The number of hydrogen-bond donors (Lipinski definition) is 2. The van der Waals surface area contributed by atoms with Crippen LogP contribution in [-0.4, -0.2) is 29.6 Å². The summed E-state index contributed by atoms with van der Waals surface area (Å²) < 4.78 is 5.33. The number of hydrogen-bond acceptors (Lipinski definition) is 3. The standard InChI is InChI=1S/C17H25NO4/c1-6-9-17(4,16(20)21)18-15(19)12(3)13-8-7-11(2)10-14(13)22-5/h7-8,10,12H,6,9H2,1-5H3,(H,18,19)(H,20,21). The van der Waals surface area contributed by atoms with E-state index in [1.54, 1.807) is 14.0 Å². The first kappa shape index (κ1) is 18.0. The number of aryl methyl sites for hydroxylation is 1. The van der Waals surface area contributed by atoms with Crippen molar-refractivity contribution in [1.82, 2.24) is 5.32 Å². The van der Waals surface area contributed by atoms with Gasteiger partial charge < -0.3 is 15.2 Å². The van der Waals surface area contributed by atoms with Gasteiger partial charge in [0, 0.05) is 5.56 Å². The highest BCUT2D eigenvalue weighted by atomic mass is 16.5. The molecule has 0 aliphatic carbocycles. The summed E-state index contributed by atoms with van der Waals surface area (Å²) in [5, 5.41) is 12.0. The molecule has 2 N–H and O–H groups in total. The molecule has 1 rings (SSSR count). The Labute approximate surface area is 131 Å². The van der Waals surface area contributed by atoms with Crippen molar-refractivity contribution in [3.63, 3.8) is 0 Å². The maximum atomic E-state index is 12.5. The first-order valence-corrected chi connectivity index (χ1v) is 7.45. The third-order valence-corrected chi connectivity index (χ3v) is 3.87. The number of ether oxygens (including phenoxy) is 1. The van der Waals surface area contributed by atoms with Crippen LogP contribution < -0.4 is 10.1 Å². The van der Waals surface area contributed by atoms with Crippen LogP contribution in [0.2, 0.25) is 0 Å². The lowest BCUT2D eigenvalue weighted by molar-refractivity contribution is -0.147. The lowest BCUT2D eigenvalue weighted by atomic mass is 9.93. The smallest absolute Gasteiger partial charge is 0.329 e. The maximum absolute atomic E-state index is 12.5. The van der Waals surface area contributed by atoms with E-state index in [0.29, 0.717) is 18.6 Å². The topological polar surface area (TPSA) is 75.6 Å². The van der Waals surface area contributed by atoms with Crippen LogP contribution in [0.5, 0.6) is 5.75 Å². The molecule has 0 heterocycles. The Hall–Kier alpha value is -2.04. The molecule has 0 bridgehead atoms. The minimum Gasteiger partial charge on any atom is -0.496 e. The van der Waals surface area contributed by atoms with E-state index in [2.05, 4.69) is 5.32 Å². The second-order valence-electron chi connectivity index (χ2n) is 5.84. The number of carboxylic acids is 1. The zero-order chi connectivity index (χ0) is 16.9. The molecule has 0 aromatic heterocycles. The first-order chi connectivity index (χ1) is 10.2. The second kappa shape index (κ2) is 7.29. The molecule has 0 saturated heterocycles. The lowest BCUT2D eigenvalue weighted by Crippen LogP contribution is -2.53. The van der Waals surface area contributed by atoms with Crippen molar-refractivity contribution in [1.29, 1.82) is 0 Å². The number of carbonyl (C=O) groups is 2. The van der Waals surface area contributed by atoms with Crippen molar-refractivity contribution in [2.24, 2.45) is 0 Å². The number of rotatable bonds is 7. The van der Waals surface area contributed by atoms with Gasteiger partial charge in [-0.3, -0.25) is 4.79 Å². The molecule has 0 spiro atoms. The van der Waals surface area contributed by atoms with Crippen molar-refractivity contribution >= 4 is 11.9 Å². The molecule has 0 aliphatic heterocycles. The predicted octanol–water partition coefficient (Wildman–Crippen LogP) is 2.87. The minimum atomic E-state index is -1.25. The SMILES string of the molecule is CCCC(C)(NC(=O)C(C)c1ccc(C)cc1OC)C(=O)O. The van der Waals surface area contributed by atoms with E-state index in [-0.39, 0.29) is 5.91 Å². The van der Waals surface area contributed by atoms with Crippen molar-refractivity contribution in [3.8, 4) is 5.75 Å². The van der Waals surface area contributed by atoms with Crippen LogP contribution in [-0.2, 0) is 9.59 Å². The molecule has 5 heteroatoms. The van der Waals surface area contributed by atoms with Gasteiger partial charge in [0.25, 0.3) is 0 Å². The highest BCUT2D eigenvalue weighted by Crippen LogP contribution is 2.28. The lowest BCUT2D eigenvalue weighted by Gasteiger charge is -2.28. The molecule has 1 aromatic carbocycles. The van der Waals surface area contributed by atoms with E-state index >= 15 is 0 Å². The third-order valence-electron chi connectivity index (χ3n) is 3.87. The average molecular weight is 307 g/mol. The van der Waals surface area contributed by atoms with Crippen LogP contribution in [0.1, 0.15) is 50.7 Å². The maximum Gasteiger partial charge on any atom is 0.329 e. The van der Waals surface area contributed by atoms with Gasteiger partial charge in [0.05, 0.1) is 13.0 Å². The van der Waals surface area contributed by atoms with Gasteiger partial charge in [-0.15, -0.1) is 0 Å². The molecule has 0 radical (unpaired) electrons. The molecular weight excluding hydrogens is 282 g/mol. The van der Waals surface area contributed by atoms with Gasteiger partial charge in [0.2, 0.25) is 5.91 Å². The molecule has 0 saturated carbocycles. The summed E-state index contributed by atoms with van der Waals surface area (Å²) in [6.45, 7) is 7.12. The Balaban J connectivity index is 3.00. The third kappa shape index (κ3) is 4.00. The van der Waals surface area contributed by atoms with E-state index in [1.165, 1.54) is 6.92 Å². The van der Waals surface area contributed by atoms with Gasteiger partial charge >= 0.3 is 5.97 Å². The number of carboxylic acid groups (broad SMARTS) is 1. The zero-order valence-electron chi connectivity index (χ0n) is 13.9. The Morgan fingerprint density at radius 1 is 1.41 bits per heavy atom. The molecular formula is C17H25NO4. The monoisotopic (exact) mass is 307 g/mol. The van der Waals surface area contributed by atoms with E-state index in [4.69, 9.17) is 4.74 Å². The Morgan fingerprint density at radius 2 is 2.05 bits per heavy atom. The molecule has 2 atom stereocenters. The van der Waals surface area contributed by atoms with E-state index in [0.717, 1.165) is 11.1 Å². The van der Waals surface area contributed by atoms with Crippen molar-refractivity contribution < 1.29 is 19.4 Å². The fourth-order valence-electron chi connectivity index (χ4n) is 2.42. The summed E-state index contributed by atoms with van der Waals surface area (Å²) in [4.78, 5) is 23.9. The van der Waals surface area contributed by atoms with Crippen LogP contribution >= 0.6 is 0 Å². The van der Waals surface area contributed by atoms with Crippen LogP contribution in [0.4, 0.5) is 0 Å². The largest absolute Gasteiger partial charge is 0.496 e. The highest BCUT2D eigenvalue weighted by molar-refractivity contribution is 5.90. The number of carbonyl (C=O) groups excluding carboxylic acids is 1. The van der Waals surface area contributed by atoms with Crippen molar-refractivity contribution in [2.75, 3.05) is 7.11 Å². The number of nitrogens with one attached hydrogen (secondary N) is 1. The van der Waals surface area contributed by atoms with Crippen LogP contribution in [0.3, 0.4) is 0 Å². The summed E-state index contributed by atoms with van der Waals surface area (Å²) in [5.74, 6) is -1.20. The normalized spacial score (nSPS) is 14.8. The van der Waals surface area contributed by atoms with Crippen LogP contribution in [0.15, 0.2) is 18.2 Å². The van der Waals surface area contributed by atoms with Crippen LogP contribution in [0.25, 0.3) is 0 Å². The predicted molar refractivity (Wildman–Crippen MR) is 85.2 cm³/mol. The van der Waals surface area contributed by atoms with Gasteiger partial charge in [0.1, 0.15) is 11.3 Å². The summed E-state index contributed by atoms with van der Waals surface area (Å²) in [7, 11) is 1.56. The van der Waals surface area contributed by atoms with Gasteiger partial charge in [-0.2, -0.15) is 0 Å². The number of aliphatic carboxylic acids is 1. The fraction of sp³-hybridized carbons (Fsp3) is 0.529. The van der Waals surface area contributed by atoms with E-state index in [9.17, 15) is 14.7 Å². The fourth-order valence-corrected chi connectivity index (χ4v) is 2.42. The average Bonchev–Trinajstić information content (AvgIpc) is 2.46. The highest BCUT2D eigenvalue weighted by Gasteiger charge is 2.35. The van der Waals surface area contributed by atoms with E-state index in [1.807, 2.05) is 32.0 Å². The molecule has 0 aliphatic rings. The summed E-state index contributed by atoms with van der Waals surface area (Å²) >= 11 is 0. The van der Waals surface area contributed by atoms with Gasteiger partial charge in [-0.25, -0.2) is 4.79 Å². The summed E-state index contributed by atoms with van der Waals surface area (Å²) in [6.07, 6.45) is 1.05. The van der Waals surface area contributed by atoms with Gasteiger partial charge in [-0.1, -0.05) is 25.5 Å². The van der Waals surface area contributed by atoms with Gasteiger partial charge in [-0.05, 0) is 38.8 Å². The number of methoxy groups -OCH3 is 1. The molecule has 0 fully saturated rings. The zero-order valence-corrected chi connectivity index (χ0v) is 13.9. The Bertz CT molecular complexity index is 556. The quantitative estimate of drug-likeness (QED) is 0.812. The molecule has 1 aromatic rings. The molecule has 122 valence electrons. The summed E-state index contributed by atoms with van der Waals surface area (Å²) in [5.41, 5.74) is 0.530. The van der Waals surface area contributed by atoms with E-state index < -0.39 is 17.4 Å². The first-order valence-electron chi connectivity index (χ1n) is 7.45. The molecule has 1 amide bonds. The van der Waals surface area contributed by atoms with Crippen molar-refractivity contribution in [2.45, 2.75) is 52.0 Å². The number of amides is 1. The van der Waals surface area contributed by atoms with Crippen LogP contribution in [0, 0.1) is 6.92 Å². The minimum absolute atomic E-state index is 0.319. The molecule has 22 heavy (non-hydrogen) atoms. The Kier molecular flexibility index (Phi) is 5.97. The molecule has 5 nitrogen and oxygen atoms in total.